The first kappa shape index (κ1) is 15.2. The van der Waals surface area contributed by atoms with Gasteiger partial charge in [-0.1, -0.05) is 11.6 Å². The van der Waals surface area contributed by atoms with Gasteiger partial charge in [-0.05, 0) is 40.9 Å². The molecule has 0 saturated carbocycles. The molecule has 1 saturated heterocycles. The Balaban J connectivity index is 2.51. The topological polar surface area (TPSA) is 63.4 Å². The van der Waals surface area contributed by atoms with Crippen molar-refractivity contribution in [2.45, 2.75) is 23.8 Å². The summed E-state index contributed by atoms with van der Waals surface area (Å²) in [4.78, 5) is -0.101. The van der Waals surface area contributed by atoms with E-state index < -0.39 is 15.8 Å². The van der Waals surface area contributed by atoms with Crippen LogP contribution < -0.4 is 5.73 Å². The van der Waals surface area contributed by atoms with E-state index in [2.05, 4.69) is 15.9 Å². The lowest BCUT2D eigenvalue weighted by Gasteiger charge is -2.24. The average molecular weight is 372 g/mol. The lowest BCUT2D eigenvalue weighted by atomic mass is 10.2. The monoisotopic (exact) mass is 370 g/mol. The van der Waals surface area contributed by atoms with Gasteiger partial charge in [-0.25, -0.2) is 12.8 Å². The minimum absolute atomic E-state index is 0.101. The lowest BCUT2D eigenvalue weighted by Crippen LogP contribution is -2.40. The zero-order valence-electron chi connectivity index (χ0n) is 9.94. The second kappa shape index (κ2) is 5.65. The van der Waals surface area contributed by atoms with Crippen molar-refractivity contribution >= 4 is 37.6 Å². The lowest BCUT2D eigenvalue weighted by molar-refractivity contribution is 0.393. The van der Waals surface area contributed by atoms with Gasteiger partial charge in [0.05, 0.1) is 5.02 Å². The zero-order chi connectivity index (χ0) is 14.2. The summed E-state index contributed by atoms with van der Waals surface area (Å²) in [6.45, 7) is 0.667. The van der Waals surface area contributed by atoms with Crippen molar-refractivity contribution in [2.24, 2.45) is 5.73 Å². The molecular weight excluding hydrogens is 359 g/mol. The first-order valence-electron chi connectivity index (χ1n) is 5.74. The molecule has 0 spiro atoms. The van der Waals surface area contributed by atoms with Crippen molar-refractivity contribution in [1.82, 2.24) is 4.31 Å². The highest BCUT2D eigenvalue weighted by atomic mass is 79.9. The van der Waals surface area contributed by atoms with Gasteiger partial charge in [0.2, 0.25) is 10.0 Å². The van der Waals surface area contributed by atoms with Crippen LogP contribution in [0.25, 0.3) is 0 Å². The highest BCUT2D eigenvalue weighted by molar-refractivity contribution is 9.10. The van der Waals surface area contributed by atoms with Crippen LogP contribution >= 0.6 is 27.5 Å². The number of sulfonamides is 1. The third kappa shape index (κ3) is 2.80. The number of hydrogen-bond donors (Lipinski definition) is 1. The van der Waals surface area contributed by atoms with E-state index in [-0.39, 0.29) is 27.0 Å². The van der Waals surface area contributed by atoms with E-state index in [9.17, 15) is 12.8 Å². The van der Waals surface area contributed by atoms with Gasteiger partial charge in [0, 0.05) is 23.6 Å². The van der Waals surface area contributed by atoms with Gasteiger partial charge >= 0.3 is 0 Å². The molecule has 19 heavy (non-hydrogen) atoms. The van der Waals surface area contributed by atoms with Gasteiger partial charge in [-0.3, -0.25) is 0 Å². The Bertz CT molecular complexity index is 573. The van der Waals surface area contributed by atoms with Crippen LogP contribution in [0, 0.1) is 5.82 Å². The number of nitrogens with two attached hydrogens (primary N) is 1. The molecule has 0 aromatic heterocycles. The summed E-state index contributed by atoms with van der Waals surface area (Å²) < 4.78 is 39.8. The van der Waals surface area contributed by atoms with Gasteiger partial charge in [-0.2, -0.15) is 4.31 Å². The third-order valence-corrected chi connectivity index (χ3v) is 6.48. The summed E-state index contributed by atoms with van der Waals surface area (Å²) in [7, 11) is -3.77. The fourth-order valence-corrected chi connectivity index (χ4v) is 5.71. The molecule has 1 aliphatic rings. The van der Waals surface area contributed by atoms with Crippen LogP contribution in [0.1, 0.15) is 12.8 Å². The molecule has 106 valence electrons. The average Bonchev–Trinajstić information content (AvgIpc) is 2.75. The Morgan fingerprint density at radius 1 is 1.53 bits per heavy atom. The normalized spacial score (nSPS) is 20.9. The fraction of sp³-hybridized carbons (Fsp3) is 0.455. The minimum atomic E-state index is -3.77. The number of rotatable bonds is 3. The molecule has 1 atom stereocenters. The summed E-state index contributed by atoms with van der Waals surface area (Å²) in [5.41, 5.74) is 5.59. The van der Waals surface area contributed by atoms with Gasteiger partial charge in [-0.15, -0.1) is 0 Å². The Labute approximate surface area is 124 Å². The van der Waals surface area contributed by atoms with Gasteiger partial charge in [0.25, 0.3) is 0 Å². The van der Waals surface area contributed by atoms with Crippen molar-refractivity contribution in [3.05, 3.63) is 27.4 Å². The first-order valence-corrected chi connectivity index (χ1v) is 8.35. The van der Waals surface area contributed by atoms with E-state index in [4.69, 9.17) is 17.3 Å². The molecule has 1 aliphatic heterocycles. The van der Waals surface area contributed by atoms with E-state index in [1.165, 1.54) is 4.31 Å². The molecule has 1 heterocycles. The Hall–Kier alpha value is -0.210. The molecule has 2 N–H and O–H groups in total. The second-order valence-corrected chi connectivity index (χ2v) is 7.44. The summed E-state index contributed by atoms with van der Waals surface area (Å²) in [6.07, 6.45) is 1.49. The predicted octanol–water partition coefficient (Wildman–Crippen LogP) is 2.35. The molecule has 2 rings (SSSR count). The van der Waals surface area contributed by atoms with Gasteiger partial charge in [0.1, 0.15) is 10.7 Å². The number of nitrogens with zero attached hydrogens (tertiary/aromatic N) is 1. The van der Waals surface area contributed by atoms with Crippen LogP contribution in [0.5, 0.6) is 0 Å². The van der Waals surface area contributed by atoms with Crippen LogP contribution in [-0.2, 0) is 10.0 Å². The molecule has 1 fully saturated rings. The Morgan fingerprint density at radius 2 is 2.21 bits per heavy atom. The number of hydrogen-bond acceptors (Lipinski definition) is 3. The molecule has 0 unspecified atom stereocenters. The molecule has 1 aromatic carbocycles. The summed E-state index contributed by atoms with van der Waals surface area (Å²) in [5.74, 6) is -0.590. The van der Waals surface area contributed by atoms with Crippen molar-refractivity contribution < 1.29 is 12.8 Å². The first-order chi connectivity index (χ1) is 8.87. The maximum Gasteiger partial charge on any atom is 0.245 e. The van der Waals surface area contributed by atoms with E-state index in [1.807, 2.05) is 0 Å². The van der Waals surface area contributed by atoms with E-state index in [0.29, 0.717) is 6.54 Å². The minimum Gasteiger partial charge on any atom is -0.329 e. The highest BCUT2D eigenvalue weighted by Crippen LogP contribution is 2.35. The number of halogens is 3. The molecule has 1 aromatic rings. The smallest absolute Gasteiger partial charge is 0.245 e. The number of benzene rings is 1. The van der Waals surface area contributed by atoms with Crippen molar-refractivity contribution in [1.29, 1.82) is 0 Å². The van der Waals surface area contributed by atoms with Crippen molar-refractivity contribution in [3.8, 4) is 0 Å². The van der Waals surface area contributed by atoms with Crippen molar-refractivity contribution in [2.75, 3.05) is 13.1 Å². The molecule has 4 nitrogen and oxygen atoms in total. The molecule has 0 bridgehead atoms. The Morgan fingerprint density at radius 3 is 2.79 bits per heavy atom. The van der Waals surface area contributed by atoms with Crippen LogP contribution in [0.4, 0.5) is 4.39 Å². The highest BCUT2D eigenvalue weighted by Gasteiger charge is 2.36. The van der Waals surface area contributed by atoms with E-state index >= 15 is 0 Å². The van der Waals surface area contributed by atoms with E-state index in [1.54, 1.807) is 0 Å². The maximum atomic E-state index is 13.2. The molecule has 8 heteroatoms. The van der Waals surface area contributed by atoms with Gasteiger partial charge < -0.3 is 5.73 Å². The zero-order valence-corrected chi connectivity index (χ0v) is 13.1. The van der Waals surface area contributed by atoms with Crippen LogP contribution in [0.3, 0.4) is 0 Å². The molecule has 0 aliphatic carbocycles. The van der Waals surface area contributed by atoms with E-state index in [0.717, 1.165) is 25.0 Å². The quantitative estimate of drug-likeness (QED) is 0.887. The predicted molar refractivity (Wildman–Crippen MR) is 75.1 cm³/mol. The van der Waals surface area contributed by atoms with Crippen molar-refractivity contribution in [3.63, 3.8) is 0 Å². The van der Waals surface area contributed by atoms with Crippen LogP contribution in [-0.4, -0.2) is 31.9 Å². The molecular formula is C11H13BrClFN2O2S. The standard InChI is InChI=1S/C11H13BrClFN2O2S/c12-9-4-7(14)5-10(13)11(9)19(17,18)16-3-1-2-8(16)6-15/h4-5,8H,1-3,6,15H2/t8-/m0/s1. The van der Waals surface area contributed by atoms with Gasteiger partial charge in [0.15, 0.2) is 0 Å². The molecule has 0 radical (unpaired) electrons. The summed E-state index contributed by atoms with van der Waals surface area (Å²) >= 11 is 8.94. The third-order valence-electron chi connectivity index (χ3n) is 3.12. The van der Waals surface area contributed by atoms with Crippen LogP contribution in [0.2, 0.25) is 5.02 Å². The second-order valence-electron chi connectivity index (χ2n) is 4.35. The molecule has 0 amide bonds. The SMILES string of the molecule is NC[C@@H]1CCCN1S(=O)(=O)c1c(Cl)cc(F)cc1Br. The van der Waals surface area contributed by atoms with Crippen LogP contribution in [0.15, 0.2) is 21.5 Å². The summed E-state index contributed by atoms with van der Waals surface area (Å²) in [6, 6.07) is 1.86. The largest absolute Gasteiger partial charge is 0.329 e. The summed E-state index contributed by atoms with van der Waals surface area (Å²) in [5, 5.41) is -0.130. The Kier molecular flexibility index (Phi) is 4.52. The maximum absolute atomic E-state index is 13.2. The fourth-order valence-electron chi connectivity index (χ4n) is 2.25.